The van der Waals surface area contributed by atoms with Crippen molar-refractivity contribution >= 4 is 6.41 Å². The fourth-order valence-electron chi connectivity index (χ4n) is 5.25. The Morgan fingerprint density at radius 1 is 0.783 bits per heavy atom. The minimum atomic E-state index is 0.0759. The summed E-state index contributed by atoms with van der Waals surface area (Å²) in [6.07, 6.45) is 11.0. The lowest BCUT2D eigenvalue weighted by Gasteiger charge is -2.55. The highest BCUT2D eigenvalue weighted by atomic mass is 16.1. The molecule has 0 unspecified atom stereocenters. The first-order chi connectivity index (χ1) is 10.7. The van der Waals surface area contributed by atoms with Crippen molar-refractivity contribution in [3.05, 3.63) is 0 Å². The lowest BCUT2D eigenvalue weighted by Crippen LogP contribution is -2.60. The van der Waals surface area contributed by atoms with Crippen molar-refractivity contribution in [3.8, 4) is 0 Å². The Hall–Kier alpha value is -0.530. The number of rotatable bonds is 5. The third-order valence-electron chi connectivity index (χ3n) is 7.37. The molecule has 2 fully saturated rings. The normalized spacial score (nSPS) is 38.8. The van der Waals surface area contributed by atoms with Crippen molar-refractivity contribution in [1.29, 1.82) is 0 Å². The molecule has 1 amide bonds. The van der Waals surface area contributed by atoms with Gasteiger partial charge >= 0.3 is 0 Å². The number of amides is 1. The van der Waals surface area contributed by atoms with Crippen LogP contribution in [0.15, 0.2) is 0 Å². The molecule has 0 aliphatic heterocycles. The van der Waals surface area contributed by atoms with Crippen molar-refractivity contribution in [1.82, 2.24) is 4.90 Å². The minimum absolute atomic E-state index is 0.0759. The van der Waals surface area contributed by atoms with Crippen LogP contribution in [0.25, 0.3) is 0 Å². The first kappa shape index (κ1) is 18.8. The summed E-state index contributed by atoms with van der Waals surface area (Å²) in [5.74, 6) is 3.25. The molecule has 2 heteroatoms. The molecule has 0 aromatic heterocycles. The van der Waals surface area contributed by atoms with E-state index < -0.39 is 0 Å². The highest BCUT2D eigenvalue weighted by Gasteiger charge is 2.46. The molecule has 0 N–H and O–H groups in total. The monoisotopic (exact) mass is 321 g/mol. The molecule has 0 atom stereocenters. The van der Waals surface area contributed by atoms with Crippen LogP contribution in [-0.4, -0.2) is 22.4 Å². The van der Waals surface area contributed by atoms with E-state index in [0.717, 1.165) is 23.7 Å². The minimum Gasteiger partial charge on any atom is -0.334 e. The summed E-state index contributed by atoms with van der Waals surface area (Å²) in [6, 6.07) is 0. The second-order valence-corrected chi connectivity index (χ2v) is 9.63. The van der Waals surface area contributed by atoms with Crippen LogP contribution in [0.5, 0.6) is 0 Å². The molecule has 134 valence electrons. The highest BCUT2D eigenvalue weighted by Crippen LogP contribution is 2.46. The smallest absolute Gasteiger partial charge is 0.210 e. The Morgan fingerprint density at radius 2 is 1.09 bits per heavy atom. The van der Waals surface area contributed by atoms with Gasteiger partial charge in [-0.05, 0) is 88.9 Å². The van der Waals surface area contributed by atoms with Crippen molar-refractivity contribution in [2.75, 3.05) is 0 Å². The fourth-order valence-corrected chi connectivity index (χ4v) is 5.25. The van der Waals surface area contributed by atoms with E-state index in [1.807, 2.05) is 0 Å². The Balaban J connectivity index is 2.06. The SMILES string of the molecule is CC(C)C1CCC(C)(N(C=O)C2(C)CCC(C(C)C)CC2)CC1. The van der Waals surface area contributed by atoms with Crippen LogP contribution in [0.1, 0.15) is 92.9 Å². The highest BCUT2D eigenvalue weighted by molar-refractivity contribution is 5.51. The average molecular weight is 322 g/mol. The van der Waals surface area contributed by atoms with Gasteiger partial charge in [0.2, 0.25) is 6.41 Å². The summed E-state index contributed by atoms with van der Waals surface area (Å²) in [5, 5.41) is 0. The van der Waals surface area contributed by atoms with Crippen LogP contribution in [0.4, 0.5) is 0 Å². The van der Waals surface area contributed by atoms with Gasteiger partial charge in [0.05, 0.1) is 0 Å². The Bertz CT molecular complexity index is 351. The summed E-state index contributed by atoms with van der Waals surface area (Å²) in [6.45, 7) is 14.1. The van der Waals surface area contributed by atoms with Gasteiger partial charge in [-0.25, -0.2) is 0 Å². The summed E-state index contributed by atoms with van der Waals surface area (Å²) in [5.41, 5.74) is 0.152. The zero-order valence-corrected chi connectivity index (χ0v) is 16.4. The van der Waals surface area contributed by atoms with Crippen molar-refractivity contribution < 1.29 is 4.79 Å². The molecule has 2 nitrogen and oxygen atoms in total. The van der Waals surface area contributed by atoms with E-state index >= 15 is 0 Å². The van der Waals surface area contributed by atoms with Crippen LogP contribution in [0, 0.1) is 23.7 Å². The van der Waals surface area contributed by atoms with Gasteiger partial charge in [-0.1, -0.05) is 27.7 Å². The first-order valence-corrected chi connectivity index (χ1v) is 9.96. The van der Waals surface area contributed by atoms with Crippen LogP contribution in [0.3, 0.4) is 0 Å². The Kier molecular flexibility index (Phi) is 5.85. The van der Waals surface area contributed by atoms with Gasteiger partial charge in [0, 0.05) is 11.1 Å². The van der Waals surface area contributed by atoms with Crippen LogP contribution in [0.2, 0.25) is 0 Å². The molecular formula is C21H39NO. The third kappa shape index (κ3) is 3.94. The van der Waals surface area contributed by atoms with E-state index in [1.54, 1.807) is 0 Å². The van der Waals surface area contributed by atoms with E-state index in [2.05, 4.69) is 46.4 Å². The van der Waals surface area contributed by atoms with Gasteiger partial charge in [0.25, 0.3) is 0 Å². The van der Waals surface area contributed by atoms with Crippen LogP contribution < -0.4 is 0 Å². The zero-order chi connectivity index (χ0) is 17.3. The molecular weight excluding hydrogens is 282 g/mol. The second kappa shape index (κ2) is 7.15. The maximum absolute atomic E-state index is 12.1. The molecule has 2 aliphatic rings. The lowest BCUT2D eigenvalue weighted by molar-refractivity contribution is -0.138. The number of nitrogens with zero attached hydrogens (tertiary/aromatic N) is 1. The predicted octanol–water partition coefficient (Wildman–Crippen LogP) is 5.65. The van der Waals surface area contributed by atoms with E-state index in [0.29, 0.717) is 0 Å². The maximum atomic E-state index is 12.1. The van der Waals surface area contributed by atoms with E-state index in [-0.39, 0.29) is 11.1 Å². The molecule has 0 radical (unpaired) electrons. The summed E-state index contributed by atoms with van der Waals surface area (Å²) in [7, 11) is 0. The molecule has 2 rings (SSSR count). The standard InChI is InChI=1S/C21H39NO/c1-16(2)18-7-11-20(5,12-8-18)22(15-23)21(6)13-9-19(10-14-21)17(3)4/h15-19H,7-14H2,1-6H3. The summed E-state index contributed by atoms with van der Waals surface area (Å²) >= 11 is 0. The van der Waals surface area contributed by atoms with E-state index in [9.17, 15) is 4.79 Å². The van der Waals surface area contributed by atoms with Gasteiger partial charge in [0.1, 0.15) is 0 Å². The van der Waals surface area contributed by atoms with Crippen LogP contribution >= 0.6 is 0 Å². The molecule has 23 heavy (non-hydrogen) atoms. The van der Waals surface area contributed by atoms with Crippen molar-refractivity contribution in [3.63, 3.8) is 0 Å². The first-order valence-electron chi connectivity index (χ1n) is 9.96. The second-order valence-electron chi connectivity index (χ2n) is 9.63. The van der Waals surface area contributed by atoms with E-state index in [4.69, 9.17) is 0 Å². The molecule has 2 aliphatic carbocycles. The van der Waals surface area contributed by atoms with Gasteiger partial charge in [-0.15, -0.1) is 0 Å². The van der Waals surface area contributed by atoms with Crippen LogP contribution in [-0.2, 0) is 4.79 Å². The van der Waals surface area contributed by atoms with Gasteiger partial charge in [-0.3, -0.25) is 4.79 Å². The molecule has 0 spiro atoms. The zero-order valence-electron chi connectivity index (χ0n) is 16.4. The van der Waals surface area contributed by atoms with Crippen molar-refractivity contribution in [2.45, 2.75) is 104 Å². The molecule has 0 aromatic rings. The predicted molar refractivity (Wildman–Crippen MR) is 98.3 cm³/mol. The number of hydrogen-bond acceptors (Lipinski definition) is 1. The van der Waals surface area contributed by atoms with Gasteiger partial charge in [0.15, 0.2) is 0 Å². The molecule has 2 saturated carbocycles. The topological polar surface area (TPSA) is 20.3 Å². The average Bonchev–Trinajstić information content (AvgIpc) is 2.48. The quantitative estimate of drug-likeness (QED) is 0.599. The maximum Gasteiger partial charge on any atom is 0.210 e. The largest absolute Gasteiger partial charge is 0.334 e. The number of carbonyl (C=O) groups is 1. The summed E-state index contributed by atoms with van der Waals surface area (Å²) < 4.78 is 0. The summed E-state index contributed by atoms with van der Waals surface area (Å²) in [4.78, 5) is 14.3. The van der Waals surface area contributed by atoms with E-state index in [1.165, 1.54) is 57.8 Å². The number of hydrogen-bond donors (Lipinski definition) is 0. The van der Waals surface area contributed by atoms with Crippen molar-refractivity contribution in [2.24, 2.45) is 23.7 Å². The lowest BCUT2D eigenvalue weighted by atomic mass is 9.68. The molecule has 0 saturated heterocycles. The Labute approximate surface area is 144 Å². The Morgan fingerprint density at radius 3 is 1.30 bits per heavy atom. The fraction of sp³-hybridized carbons (Fsp3) is 0.952. The third-order valence-corrected chi connectivity index (χ3v) is 7.37. The number of carbonyl (C=O) groups excluding carboxylic acids is 1. The molecule has 0 aromatic carbocycles. The van der Waals surface area contributed by atoms with Gasteiger partial charge in [-0.2, -0.15) is 0 Å². The molecule has 0 bridgehead atoms. The van der Waals surface area contributed by atoms with Gasteiger partial charge < -0.3 is 4.90 Å². The molecule has 0 heterocycles.